The Morgan fingerprint density at radius 3 is 2.65 bits per heavy atom. The second-order valence-electron chi connectivity index (χ2n) is 9.43. The molecular weight excluding hydrogens is 462 g/mol. The summed E-state index contributed by atoms with van der Waals surface area (Å²) in [6.07, 6.45) is 6.72. The molecule has 2 aromatic heterocycles. The first kappa shape index (κ1) is 22.0. The Morgan fingerprint density at radius 2 is 2.00 bits per heavy atom. The van der Waals surface area contributed by atoms with Gasteiger partial charge in [-0.1, -0.05) is 13.8 Å². The molecular formula is C22H28BrN5O3. The fraction of sp³-hybridized carbons (Fsp3) is 0.545. The summed E-state index contributed by atoms with van der Waals surface area (Å²) in [7, 11) is 0. The molecule has 9 heteroatoms. The quantitative estimate of drug-likeness (QED) is 0.574. The third kappa shape index (κ3) is 4.01. The first-order valence-electron chi connectivity index (χ1n) is 10.5. The van der Waals surface area contributed by atoms with Crippen LogP contribution >= 0.6 is 15.9 Å². The van der Waals surface area contributed by atoms with Gasteiger partial charge in [0.15, 0.2) is 0 Å². The van der Waals surface area contributed by atoms with Crippen molar-refractivity contribution >= 4 is 27.5 Å². The Bertz CT molecular complexity index is 1040. The molecule has 2 heterocycles. The summed E-state index contributed by atoms with van der Waals surface area (Å²) in [5.74, 6) is 0.454. The molecule has 3 aliphatic carbocycles. The van der Waals surface area contributed by atoms with Crippen molar-refractivity contribution in [2.24, 2.45) is 17.3 Å². The van der Waals surface area contributed by atoms with Crippen LogP contribution in [0.5, 0.6) is 0 Å². The molecule has 0 aromatic carbocycles. The number of carbonyl (C=O) groups excluding carboxylic acids is 1. The molecule has 3 N–H and O–H groups in total. The fourth-order valence-electron chi connectivity index (χ4n) is 5.14. The predicted molar refractivity (Wildman–Crippen MR) is 120 cm³/mol. The summed E-state index contributed by atoms with van der Waals surface area (Å²) in [4.78, 5) is 28.9. The topological polar surface area (TPSA) is 109 Å². The van der Waals surface area contributed by atoms with Crippen LogP contribution in [0.15, 0.2) is 40.0 Å². The summed E-state index contributed by atoms with van der Waals surface area (Å²) >= 11 is 3.35. The van der Waals surface area contributed by atoms with Crippen LogP contribution in [0.4, 0.5) is 5.69 Å². The maximum atomic E-state index is 12.7. The van der Waals surface area contributed by atoms with E-state index in [1.807, 2.05) is 19.1 Å². The van der Waals surface area contributed by atoms with E-state index in [-0.39, 0.29) is 29.8 Å². The molecule has 0 spiro atoms. The lowest BCUT2D eigenvalue weighted by Gasteiger charge is -2.65. The number of hydrogen-bond donors (Lipinski definition) is 3. The first-order valence-corrected chi connectivity index (χ1v) is 11.3. The van der Waals surface area contributed by atoms with Crippen molar-refractivity contribution in [3.05, 3.63) is 51.1 Å². The minimum Gasteiger partial charge on any atom is -0.388 e. The molecule has 0 saturated heterocycles. The fourth-order valence-corrected chi connectivity index (χ4v) is 5.56. The molecule has 8 nitrogen and oxygen atoms in total. The Balaban J connectivity index is 1.42. The number of carbonyl (C=O) groups is 1. The van der Waals surface area contributed by atoms with Crippen LogP contribution in [0.1, 0.15) is 39.2 Å². The molecule has 3 aliphatic rings. The highest BCUT2D eigenvalue weighted by molar-refractivity contribution is 9.10. The summed E-state index contributed by atoms with van der Waals surface area (Å²) < 4.78 is 1.43. The molecule has 4 atom stereocenters. The van der Waals surface area contributed by atoms with Gasteiger partial charge in [0, 0.05) is 18.9 Å². The van der Waals surface area contributed by atoms with E-state index in [4.69, 9.17) is 0 Å². The highest BCUT2D eigenvalue weighted by atomic mass is 79.9. The van der Waals surface area contributed by atoms with Crippen molar-refractivity contribution in [1.82, 2.24) is 20.1 Å². The molecule has 5 rings (SSSR count). The minimum absolute atomic E-state index is 0.129. The van der Waals surface area contributed by atoms with Crippen LogP contribution in [-0.4, -0.2) is 37.4 Å². The number of pyridine rings is 1. The number of aromatic nitrogens is 3. The molecule has 2 bridgehead atoms. The third-order valence-corrected chi connectivity index (χ3v) is 8.02. The first-order chi connectivity index (χ1) is 14.6. The van der Waals surface area contributed by atoms with Gasteiger partial charge in [-0.2, -0.15) is 5.10 Å². The van der Waals surface area contributed by atoms with Gasteiger partial charge in [-0.15, -0.1) is 0 Å². The number of nitrogens with zero attached hydrogens (tertiary/aromatic N) is 3. The van der Waals surface area contributed by atoms with Gasteiger partial charge in [-0.25, -0.2) is 4.68 Å². The zero-order chi connectivity index (χ0) is 22.4. The predicted octanol–water partition coefficient (Wildman–Crippen LogP) is 2.31. The van der Waals surface area contributed by atoms with E-state index in [0.29, 0.717) is 22.6 Å². The van der Waals surface area contributed by atoms with E-state index < -0.39 is 11.2 Å². The number of fused-ring (bicyclic) bond motifs is 2. The normalized spacial score (nSPS) is 28.5. The van der Waals surface area contributed by atoms with Gasteiger partial charge >= 0.3 is 0 Å². The maximum absolute atomic E-state index is 12.7. The van der Waals surface area contributed by atoms with Gasteiger partial charge in [0.2, 0.25) is 5.91 Å². The highest BCUT2D eigenvalue weighted by Gasteiger charge is 2.62. The number of amides is 1. The van der Waals surface area contributed by atoms with E-state index in [1.54, 1.807) is 12.4 Å². The van der Waals surface area contributed by atoms with E-state index in [9.17, 15) is 14.7 Å². The molecule has 2 aromatic rings. The van der Waals surface area contributed by atoms with Gasteiger partial charge in [-0.3, -0.25) is 14.6 Å². The molecule has 3 saturated carbocycles. The summed E-state index contributed by atoms with van der Waals surface area (Å²) in [6, 6.07) is 3.46. The van der Waals surface area contributed by atoms with Crippen LogP contribution in [0.25, 0.3) is 0 Å². The second-order valence-corrected chi connectivity index (χ2v) is 10.2. The van der Waals surface area contributed by atoms with Crippen molar-refractivity contribution in [1.29, 1.82) is 0 Å². The van der Waals surface area contributed by atoms with Crippen molar-refractivity contribution < 1.29 is 9.90 Å². The Kier molecular flexibility index (Phi) is 5.68. The number of hydrogen-bond acceptors (Lipinski definition) is 6. The van der Waals surface area contributed by atoms with Gasteiger partial charge in [0.25, 0.3) is 5.56 Å². The van der Waals surface area contributed by atoms with Crippen LogP contribution in [-0.2, 0) is 17.9 Å². The second kappa shape index (κ2) is 8.02. The SMILES string of the molecule is CC1(C)[C@@H]2C[C@H]1[C@](C)(O)[C@H](Nc1cnn(CC(=O)NCc3ccncc3)c(=O)c1Br)C2. The lowest BCUT2D eigenvalue weighted by molar-refractivity contribution is -0.199. The largest absolute Gasteiger partial charge is 0.388 e. The summed E-state index contributed by atoms with van der Waals surface area (Å²) in [6.45, 7) is 6.49. The molecule has 1 amide bonds. The third-order valence-electron chi connectivity index (χ3n) is 7.25. The number of anilines is 1. The lowest BCUT2D eigenvalue weighted by atomic mass is 9.43. The molecule has 31 heavy (non-hydrogen) atoms. The summed E-state index contributed by atoms with van der Waals surface area (Å²) in [5, 5.41) is 21.5. The van der Waals surface area contributed by atoms with Crippen LogP contribution in [0.3, 0.4) is 0 Å². The van der Waals surface area contributed by atoms with Gasteiger partial charge in [-0.05, 0) is 70.6 Å². The maximum Gasteiger partial charge on any atom is 0.283 e. The Labute approximate surface area is 189 Å². The summed E-state index contributed by atoms with van der Waals surface area (Å²) in [5.41, 5.74) is 0.307. The molecule has 166 valence electrons. The molecule has 0 radical (unpaired) electrons. The number of rotatable bonds is 6. The van der Waals surface area contributed by atoms with Crippen LogP contribution < -0.4 is 16.2 Å². The van der Waals surface area contributed by atoms with Crippen molar-refractivity contribution in [2.45, 2.75) is 58.3 Å². The van der Waals surface area contributed by atoms with E-state index in [1.165, 1.54) is 6.20 Å². The van der Waals surface area contributed by atoms with Gasteiger partial charge in [0.1, 0.15) is 11.0 Å². The standard InChI is InChI=1S/C22H28BrN5O3/c1-21(2)14-8-16(21)22(3,31)17(9-14)27-15-11-26-28(20(30)19(15)23)12-18(29)25-10-13-4-6-24-7-5-13/h4-7,11,14,16-17,27,31H,8-10,12H2,1-3H3,(H,25,29)/t14-,16-,17-,22+/m1/s1. The molecule has 0 aliphatic heterocycles. The van der Waals surface area contributed by atoms with Gasteiger partial charge < -0.3 is 15.7 Å². The number of nitrogens with one attached hydrogen (secondary N) is 2. The average Bonchev–Trinajstić information content (AvgIpc) is 2.73. The van der Waals surface area contributed by atoms with Crippen molar-refractivity contribution in [2.75, 3.05) is 5.32 Å². The Hall–Kier alpha value is -2.26. The van der Waals surface area contributed by atoms with Crippen molar-refractivity contribution in [3.63, 3.8) is 0 Å². The number of halogens is 1. The van der Waals surface area contributed by atoms with Crippen molar-refractivity contribution in [3.8, 4) is 0 Å². The van der Waals surface area contributed by atoms with E-state index in [0.717, 1.165) is 23.1 Å². The average molecular weight is 490 g/mol. The lowest BCUT2D eigenvalue weighted by Crippen LogP contribution is -2.68. The van der Waals surface area contributed by atoms with E-state index in [2.05, 4.69) is 50.5 Å². The zero-order valence-corrected chi connectivity index (χ0v) is 19.5. The van der Waals surface area contributed by atoms with Crippen LogP contribution in [0.2, 0.25) is 0 Å². The highest BCUT2D eigenvalue weighted by Crippen LogP contribution is 2.62. The molecule has 0 unspecified atom stereocenters. The molecule has 3 fully saturated rings. The van der Waals surface area contributed by atoms with E-state index >= 15 is 0 Å². The Morgan fingerprint density at radius 1 is 1.29 bits per heavy atom. The van der Waals surface area contributed by atoms with Gasteiger partial charge in [0.05, 0.1) is 23.5 Å². The minimum atomic E-state index is -0.876. The number of aliphatic hydroxyl groups is 1. The monoisotopic (exact) mass is 489 g/mol. The van der Waals surface area contributed by atoms with Crippen LogP contribution in [0, 0.1) is 17.3 Å². The smallest absolute Gasteiger partial charge is 0.283 e. The zero-order valence-electron chi connectivity index (χ0n) is 17.9.